The molecule has 8 heteroatoms. The monoisotopic (exact) mass is 576 g/mol. The fraction of sp³-hybridized carbons (Fsp3) is 0.485. The fourth-order valence-electron chi connectivity index (χ4n) is 7.36. The van der Waals surface area contributed by atoms with Gasteiger partial charge in [0.15, 0.2) is 0 Å². The maximum Gasteiger partial charge on any atom is 0.311 e. The highest BCUT2D eigenvalue weighted by molar-refractivity contribution is 8.02. The van der Waals surface area contributed by atoms with Gasteiger partial charge in [-0.2, -0.15) is 0 Å². The number of amides is 2. The topological polar surface area (TPSA) is 87.2 Å². The van der Waals surface area contributed by atoms with Crippen LogP contribution in [0.5, 0.6) is 0 Å². The van der Waals surface area contributed by atoms with Crippen LogP contribution in [0, 0.1) is 25.7 Å². The normalized spacial score (nSPS) is 28.9. The number of ether oxygens (including phenoxy) is 1. The summed E-state index contributed by atoms with van der Waals surface area (Å²) < 4.78 is 4.20. The number of fused-ring (bicyclic) bond motifs is 1. The van der Waals surface area contributed by atoms with E-state index >= 15 is 0 Å². The van der Waals surface area contributed by atoms with E-state index in [1.165, 1.54) is 0 Å². The van der Waals surface area contributed by atoms with Crippen molar-refractivity contribution in [1.82, 2.24) is 4.90 Å². The number of carbonyl (C=O) groups is 3. The smallest absolute Gasteiger partial charge is 0.311 e. The van der Waals surface area contributed by atoms with Crippen molar-refractivity contribution in [3.05, 3.63) is 77.9 Å². The first-order valence-corrected chi connectivity index (χ1v) is 15.3. The number of anilines is 1. The summed E-state index contributed by atoms with van der Waals surface area (Å²) in [6.07, 6.45) is 3.43. The van der Waals surface area contributed by atoms with Crippen LogP contribution in [0.2, 0.25) is 0 Å². The van der Waals surface area contributed by atoms with Crippen molar-refractivity contribution in [2.75, 3.05) is 24.7 Å². The summed E-state index contributed by atoms with van der Waals surface area (Å²) in [6.45, 7) is 11.9. The number of esters is 1. The average molecular weight is 577 g/mol. The van der Waals surface area contributed by atoms with Gasteiger partial charge in [0, 0.05) is 17.0 Å². The van der Waals surface area contributed by atoms with E-state index in [2.05, 4.69) is 6.58 Å². The molecule has 2 aromatic rings. The zero-order valence-electron chi connectivity index (χ0n) is 24.3. The lowest BCUT2D eigenvalue weighted by molar-refractivity contribution is -0.155. The second kappa shape index (κ2) is 11.3. The third-order valence-electron chi connectivity index (χ3n) is 9.14. The zero-order valence-corrected chi connectivity index (χ0v) is 25.2. The van der Waals surface area contributed by atoms with Crippen molar-refractivity contribution in [3.63, 3.8) is 0 Å². The summed E-state index contributed by atoms with van der Waals surface area (Å²) in [6, 6.07) is 14.2. The highest BCUT2D eigenvalue weighted by Crippen LogP contribution is 2.72. The van der Waals surface area contributed by atoms with Gasteiger partial charge in [-0.15, -0.1) is 18.3 Å². The molecule has 2 unspecified atom stereocenters. The molecule has 3 aliphatic rings. The van der Waals surface area contributed by atoms with Gasteiger partial charge in [0.05, 0.1) is 35.8 Å². The third-order valence-corrected chi connectivity index (χ3v) is 11.1. The van der Waals surface area contributed by atoms with E-state index in [4.69, 9.17) is 4.74 Å². The van der Waals surface area contributed by atoms with Crippen LogP contribution in [0.15, 0.2) is 61.2 Å². The Morgan fingerprint density at radius 3 is 2.61 bits per heavy atom. The molecule has 5 rings (SSSR count). The number of benzene rings is 2. The molecule has 0 aliphatic carbocycles. The molecule has 3 aliphatic heterocycles. The maximum atomic E-state index is 14.9. The van der Waals surface area contributed by atoms with E-state index in [-0.39, 0.29) is 37.5 Å². The van der Waals surface area contributed by atoms with Gasteiger partial charge < -0.3 is 19.6 Å². The van der Waals surface area contributed by atoms with Gasteiger partial charge in [0.2, 0.25) is 5.91 Å². The first kappa shape index (κ1) is 29.4. The molecular formula is C33H40N2O5S. The Labute approximate surface area is 246 Å². The highest BCUT2D eigenvalue weighted by Gasteiger charge is 2.78. The predicted molar refractivity (Wildman–Crippen MR) is 162 cm³/mol. The van der Waals surface area contributed by atoms with Crippen LogP contribution < -0.4 is 4.90 Å². The molecule has 2 aromatic carbocycles. The Bertz CT molecular complexity index is 1350. The van der Waals surface area contributed by atoms with Crippen molar-refractivity contribution in [2.45, 2.75) is 68.5 Å². The molecule has 2 bridgehead atoms. The SMILES string of the molecule is C=CCN(C(=O)C1N([C@@H](CO)Cc2ccccc2)C(=O)[C@@H]2[C@@H](C(=O)OCC)[C@@]3(C)CCC12S3)c1cc(C)ccc1C. The summed E-state index contributed by atoms with van der Waals surface area (Å²) in [5.41, 5.74) is 3.70. The van der Waals surface area contributed by atoms with Gasteiger partial charge in [-0.3, -0.25) is 14.4 Å². The Morgan fingerprint density at radius 1 is 1.22 bits per heavy atom. The first-order chi connectivity index (χ1) is 19.6. The van der Waals surface area contributed by atoms with Gasteiger partial charge in [-0.25, -0.2) is 0 Å². The minimum Gasteiger partial charge on any atom is -0.466 e. The Kier molecular flexibility index (Phi) is 8.09. The maximum absolute atomic E-state index is 14.9. The number of rotatable bonds is 10. The first-order valence-electron chi connectivity index (χ1n) is 14.4. The van der Waals surface area contributed by atoms with Crippen LogP contribution in [-0.4, -0.2) is 69.1 Å². The van der Waals surface area contributed by atoms with Crippen molar-refractivity contribution in [1.29, 1.82) is 0 Å². The predicted octanol–water partition coefficient (Wildman–Crippen LogP) is 4.47. The number of thioether (sulfide) groups is 1. The number of aliphatic hydroxyl groups is 1. The van der Waals surface area contributed by atoms with Crippen molar-refractivity contribution < 1.29 is 24.2 Å². The van der Waals surface area contributed by atoms with E-state index in [0.29, 0.717) is 19.3 Å². The molecule has 1 spiro atoms. The van der Waals surface area contributed by atoms with E-state index in [0.717, 1.165) is 22.4 Å². The lowest BCUT2D eigenvalue weighted by Gasteiger charge is -2.40. The molecule has 1 N–H and O–H groups in total. The number of carbonyl (C=O) groups excluding carboxylic acids is 3. The lowest BCUT2D eigenvalue weighted by Crippen LogP contribution is -2.58. The van der Waals surface area contributed by atoms with E-state index in [1.807, 2.05) is 69.3 Å². The molecule has 0 radical (unpaired) electrons. The quantitative estimate of drug-likeness (QED) is 0.332. The van der Waals surface area contributed by atoms with E-state index < -0.39 is 33.4 Å². The van der Waals surface area contributed by atoms with Gasteiger partial charge >= 0.3 is 5.97 Å². The van der Waals surface area contributed by atoms with Crippen LogP contribution in [0.25, 0.3) is 0 Å². The summed E-state index contributed by atoms with van der Waals surface area (Å²) in [5.74, 6) is -2.18. The van der Waals surface area contributed by atoms with E-state index in [1.54, 1.807) is 34.6 Å². The summed E-state index contributed by atoms with van der Waals surface area (Å²) in [4.78, 5) is 46.3. The molecule has 0 aromatic heterocycles. The lowest BCUT2D eigenvalue weighted by atomic mass is 9.66. The number of hydrogen-bond donors (Lipinski definition) is 1. The Morgan fingerprint density at radius 2 is 1.95 bits per heavy atom. The second-order valence-corrected chi connectivity index (χ2v) is 13.7. The average Bonchev–Trinajstić information content (AvgIpc) is 3.53. The van der Waals surface area contributed by atoms with Crippen LogP contribution in [0.3, 0.4) is 0 Å². The number of aliphatic hydroxyl groups excluding tert-OH is 1. The van der Waals surface area contributed by atoms with Crippen LogP contribution in [0.4, 0.5) is 5.69 Å². The fourth-order valence-corrected chi connectivity index (χ4v) is 9.68. The van der Waals surface area contributed by atoms with Gasteiger partial charge in [0.1, 0.15) is 6.04 Å². The molecule has 0 saturated carbocycles. The molecule has 218 valence electrons. The number of nitrogens with zero attached hydrogens (tertiary/aromatic N) is 2. The summed E-state index contributed by atoms with van der Waals surface area (Å²) in [5, 5.41) is 10.7. The number of hydrogen-bond acceptors (Lipinski definition) is 6. The Hall–Kier alpha value is -3.10. The van der Waals surface area contributed by atoms with Gasteiger partial charge in [0.25, 0.3) is 5.91 Å². The largest absolute Gasteiger partial charge is 0.466 e. The minimum atomic E-state index is -0.855. The molecule has 3 heterocycles. The molecule has 6 atom stereocenters. The molecule has 41 heavy (non-hydrogen) atoms. The Balaban J connectivity index is 1.65. The highest BCUT2D eigenvalue weighted by atomic mass is 32.2. The van der Waals surface area contributed by atoms with Crippen molar-refractivity contribution in [2.24, 2.45) is 11.8 Å². The molecule has 3 saturated heterocycles. The molecule has 3 fully saturated rings. The van der Waals surface area contributed by atoms with Gasteiger partial charge in [-0.05, 0) is 69.7 Å². The van der Waals surface area contributed by atoms with Crippen molar-refractivity contribution >= 4 is 35.2 Å². The zero-order chi connectivity index (χ0) is 29.5. The molecular weight excluding hydrogens is 536 g/mol. The van der Waals surface area contributed by atoms with Gasteiger partial charge in [-0.1, -0.05) is 48.5 Å². The minimum absolute atomic E-state index is 0.206. The van der Waals surface area contributed by atoms with E-state index in [9.17, 15) is 19.5 Å². The van der Waals surface area contributed by atoms with Crippen LogP contribution >= 0.6 is 11.8 Å². The molecule has 2 amide bonds. The van der Waals surface area contributed by atoms with Crippen molar-refractivity contribution in [3.8, 4) is 0 Å². The van der Waals surface area contributed by atoms with Crippen LogP contribution in [-0.2, 0) is 25.5 Å². The van der Waals surface area contributed by atoms with Crippen LogP contribution in [0.1, 0.15) is 43.4 Å². The molecule has 7 nitrogen and oxygen atoms in total. The summed E-state index contributed by atoms with van der Waals surface area (Å²) in [7, 11) is 0. The standard InChI is InChI=1S/C33H40N2O5S/c1-6-17-34(25-18-21(3)13-14-22(25)4)30(38)28-33-16-15-32(5,41-33)27(31(39)40-7-2)26(33)29(37)35(28)24(20-36)19-23-11-9-8-10-12-23/h6,8-14,18,24,26-28,36H,1,7,15-17,19-20H2,2-5H3/t24-,26+,27+,28?,32-,33?/m1/s1. The number of aryl methyl sites for hydroxylation is 2. The third kappa shape index (κ3) is 4.79. The second-order valence-electron chi connectivity index (χ2n) is 11.8. The summed E-state index contributed by atoms with van der Waals surface area (Å²) >= 11 is 1.61. The number of likely N-dealkylation sites (tertiary alicyclic amines) is 1.